The van der Waals surface area contributed by atoms with Crippen molar-refractivity contribution in [3.63, 3.8) is 0 Å². The number of hydrogen-bond donors (Lipinski definition) is 0. The van der Waals surface area contributed by atoms with Gasteiger partial charge in [-0.1, -0.05) is 89.5 Å². The predicted octanol–water partition coefficient (Wildman–Crippen LogP) is 3.77. The zero-order valence-corrected chi connectivity index (χ0v) is 21.3. The van der Waals surface area contributed by atoms with Gasteiger partial charge in [-0.15, -0.1) is 0 Å². The molecule has 29 heavy (non-hydrogen) atoms. The van der Waals surface area contributed by atoms with Crippen molar-refractivity contribution in [2.45, 2.75) is 95.8 Å². The maximum absolute atomic E-state index is 11.8. The first-order chi connectivity index (χ1) is 13.5. The zero-order valence-electron chi connectivity index (χ0n) is 18.5. The molecule has 0 bridgehead atoms. The van der Waals surface area contributed by atoms with E-state index in [1.54, 1.807) is 6.07 Å². The first kappa shape index (κ1) is 26.6. The molecule has 0 aliphatic heterocycles. The predicted molar refractivity (Wildman–Crippen MR) is 117 cm³/mol. The third kappa shape index (κ3) is 9.10. The second-order valence-electron chi connectivity index (χ2n) is 7.93. The summed E-state index contributed by atoms with van der Waals surface area (Å²) >= 11 is 0. The summed E-state index contributed by atoms with van der Waals surface area (Å²) in [7, 11) is -4.48. The van der Waals surface area contributed by atoms with Crippen LogP contribution in [0, 0.1) is 0 Å². The maximum Gasteiger partial charge on any atom is 1.00 e. The Morgan fingerprint density at radius 1 is 0.724 bits per heavy atom. The van der Waals surface area contributed by atoms with E-state index in [4.69, 9.17) is 0 Å². The van der Waals surface area contributed by atoms with Crippen LogP contribution in [0.25, 0.3) is 10.8 Å². The van der Waals surface area contributed by atoms with Crippen LogP contribution in [0.1, 0.15) is 89.2 Å². The summed E-state index contributed by atoms with van der Waals surface area (Å²) in [6, 6.07) is 9.53. The third-order valence-corrected chi connectivity index (χ3v) is 6.32. The molecule has 0 aliphatic rings. The van der Waals surface area contributed by atoms with Gasteiger partial charge in [0.1, 0.15) is 10.1 Å². The van der Waals surface area contributed by atoms with Crippen molar-refractivity contribution in [2.75, 3.05) is 0 Å². The molecule has 0 atom stereocenters. The Labute approximate surface area is 199 Å². The molecule has 0 unspecified atom stereocenters. The van der Waals surface area contributed by atoms with Gasteiger partial charge in [0, 0.05) is 0 Å². The molecular weight excluding hydrogens is 391 g/mol. The molecule has 3 nitrogen and oxygen atoms in total. The van der Waals surface area contributed by atoms with E-state index >= 15 is 0 Å². The van der Waals surface area contributed by atoms with Crippen molar-refractivity contribution in [1.82, 2.24) is 0 Å². The Balaban J connectivity index is 0.00000420. The monoisotopic (exact) mass is 426 g/mol. The van der Waals surface area contributed by atoms with Crippen LogP contribution >= 0.6 is 0 Å². The second-order valence-corrected chi connectivity index (χ2v) is 9.28. The van der Waals surface area contributed by atoms with Crippen LogP contribution in [0.2, 0.25) is 0 Å². The molecule has 0 spiro atoms. The molecule has 2 aromatic carbocycles. The van der Waals surface area contributed by atoms with Gasteiger partial charge in [-0.25, -0.2) is 8.42 Å². The number of benzene rings is 2. The van der Waals surface area contributed by atoms with Crippen LogP contribution in [0.15, 0.2) is 35.2 Å². The van der Waals surface area contributed by atoms with E-state index in [0.29, 0.717) is 5.39 Å². The van der Waals surface area contributed by atoms with Crippen molar-refractivity contribution >= 4 is 20.9 Å². The van der Waals surface area contributed by atoms with Gasteiger partial charge in [0.15, 0.2) is 0 Å². The summed E-state index contributed by atoms with van der Waals surface area (Å²) in [4.78, 5) is -0.0666. The van der Waals surface area contributed by atoms with Gasteiger partial charge in [0.25, 0.3) is 0 Å². The van der Waals surface area contributed by atoms with Crippen molar-refractivity contribution in [1.29, 1.82) is 0 Å². The Morgan fingerprint density at radius 3 is 1.79 bits per heavy atom. The molecule has 0 saturated carbocycles. The molecule has 0 amide bonds. The van der Waals surface area contributed by atoms with Crippen LogP contribution in [-0.4, -0.2) is 13.0 Å². The van der Waals surface area contributed by atoms with Gasteiger partial charge in [-0.2, -0.15) is 0 Å². The minimum atomic E-state index is -4.48. The fraction of sp³-hybridized carbons (Fsp3) is 0.583. The molecule has 156 valence electrons. The molecule has 0 aromatic heterocycles. The number of hydrogen-bond acceptors (Lipinski definition) is 3. The van der Waals surface area contributed by atoms with Crippen molar-refractivity contribution in [3.8, 4) is 0 Å². The summed E-state index contributed by atoms with van der Waals surface area (Å²) in [6.45, 7) is 4.41. The van der Waals surface area contributed by atoms with E-state index in [9.17, 15) is 13.0 Å². The van der Waals surface area contributed by atoms with Crippen molar-refractivity contribution in [3.05, 3.63) is 41.5 Å². The average Bonchev–Trinajstić information content (AvgIpc) is 2.66. The minimum Gasteiger partial charge on any atom is -0.744 e. The number of fused-ring (bicyclic) bond motifs is 1. The zero-order chi connectivity index (χ0) is 20.4. The molecule has 0 heterocycles. The molecule has 2 aromatic rings. The number of unbranched alkanes of at least 4 members (excludes halogenated alkanes) is 8. The maximum atomic E-state index is 11.8. The minimum absolute atomic E-state index is 0. The van der Waals surface area contributed by atoms with E-state index in [1.807, 2.05) is 12.1 Å². The van der Waals surface area contributed by atoms with Gasteiger partial charge < -0.3 is 4.55 Å². The van der Waals surface area contributed by atoms with Gasteiger partial charge in [-0.3, -0.25) is 0 Å². The smallest absolute Gasteiger partial charge is 0.744 e. The van der Waals surface area contributed by atoms with Crippen LogP contribution in [-0.2, 0) is 23.0 Å². The molecule has 0 fully saturated rings. The first-order valence-electron chi connectivity index (χ1n) is 11.0. The quantitative estimate of drug-likeness (QED) is 0.278. The molecular formula is C24H35NaO3S. The Kier molecular flexibility index (Phi) is 12.7. The van der Waals surface area contributed by atoms with Gasteiger partial charge in [-0.05, 0) is 53.6 Å². The van der Waals surface area contributed by atoms with E-state index < -0.39 is 10.1 Å². The summed E-state index contributed by atoms with van der Waals surface area (Å²) in [5.41, 5.74) is 2.18. The largest absolute Gasteiger partial charge is 1.00 e. The van der Waals surface area contributed by atoms with Crippen molar-refractivity contribution in [2.24, 2.45) is 0 Å². The summed E-state index contributed by atoms with van der Waals surface area (Å²) in [5.74, 6) is 0. The summed E-state index contributed by atoms with van der Waals surface area (Å²) in [6.07, 6.45) is 13.8. The van der Waals surface area contributed by atoms with Gasteiger partial charge in [0.2, 0.25) is 0 Å². The number of rotatable bonds is 13. The molecule has 2 rings (SSSR count). The normalized spacial score (nSPS) is 11.6. The Bertz CT molecular complexity index is 841. The fourth-order valence-corrected chi connectivity index (χ4v) is 4.57. The fourth-order valence-electron chi connectivity index (χ4n) is 3.82. The van der Waals surface area contributed by atoms with Gasteiger partial charge in [0.05, 0.1) is 4.90 Å². The summed E-state index contributed by atoms with van der Waals surface area (Å²) < 4.78 is 35.4. The molecule has 0 aliphatic carbocycles. The van der Waals surface area contributed by atoms with Crippen molar-refractivity contribution < 1.29 is 42.5 Å². The molecule has 0 saturated heterocycles. The van der Waals surface area contributed by atoms with Crippen LogP contribution in [0.5, 0.6) is 0 Å². The number of aryl methyl sites for hydroxylation is 2. The first-order valence-corrected chi connectivity index (χ1v) is 12.4. The molecule has 5 heteroatoms. The summed E-state index contributed by atoms with van der Waals surface area (Å²) in [5, 5.41) is 1.44. The van der Waals surface area contributed by atoms with Crippen LogP contribution in [0.3, 0.4) is 0 Å². The van der Waals surface area contributed by atoms with Crippen LogP contribution in [0.4, 0.5) is 0 Å². The SMILES string of the molecule is CCCCCCCc1ccc2c(S(=O)(=O)[O-])cc(CCCCCCC)cc2c1.[Na+]. The third-order valence-electron chi connectivity index (χ3n) is 5.45. The topological polar surface area (TPSA) is 57.2 Å². The van der Waals surface area contributed by atoms with E-state index in [-0.39, 0.29) is 34.5 Å². The Hall–Kier alpha value is -0.390. The van der Waals surface area contributed by atoms with Crippen LogP contribution < -0.4 is 29.6 Å². The average molecular weight is 427 g/mol. The van der Waals surface area contributed by atoms with E-state index in [2.05, 4.69) is 26.0 Å². The van der Waals surface area contributed by atoms with Gasteiger partial charge >= 0.3 is 29.6 Å². The molecule has 0 N–H and O–H groups in total. The standard InChI is InChI=1S/C24H36O3S.Na/c1-3-5-7-9-11-13-20-15-16-23-22(17-20)18-21(14-12-10-8-6-4-2)19-24(23)28(25,26)27;/h15-19H,3-14H2,1-2H3,(H,25,26,27);/q;+1/p-1. The molecule has 0 radical (unpaired) electrons. The second kappa shape index (κ2) is 13.8. The van der Waals surface area contributed by atoms with E-state index in [1.165, 1.54) is 50.5 Å². The Morgan fingerprint density at radius 2 is 1.24 bits per heavy atom. The van der Waals surface area contributed by atoms with E-state index in [0.717, 1.165) is 43.1 Å².